The summed E-state index contributed by atoms with van der Waals surface area (Å²) in [6, 6.07) is 17.5. The van der Waals surface area contributed by atoms with Crippen molar-refractivity contribution in [1.29, 1.82) is 0 Å². The van der Waals surface area contributed by atoms with Gasteiger partial charge < -0.3 is 0 Å². The fourth-order valence-electron chi connectivity index (χ4n) is 2.99. The van der Waals surface area contributed by atoms with Crippen LogP contribution < -0.4 is 0 Å². The van der Waals surface area contributed by atoms with Crippen molar-refractivity contribution in [2.24, 2.45) is 10.2 Å². The number of aryl methyl sites for hydroxylation is 2. The van der Waals surface area contributed by atoms with Crippen LogP contribution in [0, 0.1) is 23.5 Å². The van der Waals surface area contributed by atoms with Crippen LogP contribution in [0.1, 0.15) is 48.9 Å². The molecule has 0 unspecified atom stereocenters. The van der Waals surface area contributed by atoms with Crippen LogP contribution >= 0.6 is 0 Å². The molecule has 3 rings (SSSR count). The normalized spacial score (nSPS) is 10.8. The van der Waals surface area contributed by atoms with Crippen LogP contribution in [-0.4, -0.2) is 0 Å². The quantitative estimate of drug-likeness (QED) is 0.298. The Morgan fingerprint density at radius 2 is 1.47 bits per heavy atom. The number of rotatable bonds is 6. The van der Waals surface area contributed by atoms with E-state index in [0.29, 0.717) is 5.69 Å². The predicted molar refractivity (Wildman–Crippen MR) is 117 cm³/mol. The average molecular weight is 402 g/mol. The summed E-state index contributed by atoms with van der Waals surface area (Å²) < 4.78 is 26.3. The van der Waals surface area contributed by atoms with E-state index in [1.807, 2.05) is 18.2 Å². The van der Waals surface area contributed by atoms with Gasteiger partial charge in [-0.15, -0.1) is 0 Å². The van der Waals surface area contributed by atoms with Gasteiger partial charge in [0.15, 0.2) is 11.6 Å². The van der Waals surface area contributed by atoms with Crippen LogP contribution in [0.15, 0.2) is 70.9 Å². The molecule has 4 heteroatoms. The number of benzene rings is 3. The largest absolute Gasteiger partial charge is 0.204 e. The topological polar surface area (TPSA) is 24.7 Å². The molecule has 30 heavy (non-hydrogen) atoms. The molecule has 152 valence electrons. The molecule has 0 aliphatic heterocycles. The molecule has 0 atom stereocenters. The van der Waals surface area contributed by atoms with Gasteiger partial charge in [-0.05, 0) is 72.9 Å². The second-order valence-electron chi connectivity index (χ2n) is 7.04. The molecule has 0 aliphatic carbocycles. The summed E-state index contributed by atoms with van der Waals surface area (Å²) in [6.45, 7) is 4.25. The lowest BCUT2D eigenvalue weighted by Gasteiger charge is -2.03. The third kappa shape index (κ3) is 5.84. The Kier molecular flexibility index (Phi) is 7.45. The maximum absolute atomic E-state index is 13.3. The molecule has 0 spiro atoms. The molecule has 0 amide bonds. The molecule has 0 N–H and O–H groups in total. The minimum Gasteiger partial charge on any atom is -0.204 e. The maximum atomic E-state index is 13.3. The molecule has 3 aromatic carbocycles. The van der Waals surface area contributed by atoms with E-state index in [9.17, 15) is 8.78 Å². The summed E-state index contributed by atoms with van der Waals surface area (Å²) in [6.07, 6.45) is 4.29. The first-order valence-corrected chi connectivity index (χ1v) is 10.2. The van der Waals surface area contributed by atoms with E-state index in [4.69, 9.17) is 0 Å². The third-order valence-electron chi connectivity index (χ3n) is 4.77. The molecule has 0 aromatic heterocycles. The summed E-state index contributed by atoms with van der Waals surface area (Å²) in [5.41, 5.74) is 5.23. The van der Waals surface area contributed by atoms with Gasteiger partial charge in [-0.3, -0.25) is 0 Å². The smallest absolute Gasteiger partial charge is 0.161 e. The van der Waals surface area contributed by atoms with Gasteiger partial charge in [-0.25, -0.2) is 8.78 Å². The van der Waals surface area contributed by atoms with Gasteiger partial charge in [0.1, 0.15) is 0 Å². The van der Waals surface area contributed by atoms with Crippen molar-refractivity contribution in [3.05, 3.63) is 94.6 Å². The van der Waals surface area contributed by atoms with E-state index in [1.165, 1.54) is 24.5 Å². The van der Waals surface area contributed by atoms with Crippen molar-refractivity contribution < 1.29 is 8.78 Å². The average Bonchev–Trinajstić information content (AvgIpc) is 2.78. The van der Waals surface area contributed by atoms with Crippen molar-refractivity contribution in [2.45, 2.75) is 39.5 Å². The van der Waals surface area contributed by atoms with Crippen LogP contribution in [0.5, 0.6) is 0 Å². The van der Waals surface area contributed by atoms with Crippen molar-refractivity contribution in [3.63, 3.8) is 0 Å². The van der Waals surface area contributed by atoms with Crippen molar-refractivity contribution >= 4 is 11.4 Å². The molecule has 0 radical (unpaired) electrons. The lowest BCUT2D eigenvalue weighted by atomic mass is 10.0. The van der Waals surface area contributed by atoms with E-state index in [2.05, 4.69) is 60.2 Å². The van der Waals surface area contributed by atoms with Crippen LogP contribution in [0.25, 0.3) is 0 Å². The predicted octanol–water partition coefficient (Wildman–Crippen LogP) is 7.69. The molecule has 0 bridgehead atoms. The molecular formula is C26H24F2N2. The maximum Gasteiger partial charge on any atom is 0.161 e. The fraction of sp³-hybridized carbons (Fsp3) is 0.231. The van der Waals surface area contributed by atoms with Crippen molar-refractivity contribution in [3.8, 4) is 11.8 Å². The van der Waals surface area contributed by atoms with Gasteiger partial charge in [0.2, 0.25) is 0 Å². The van der Waals surface area contributed by atoms with E-state index < -0.39 is 11.6 Å². The Morgan fingerprint density at radius 1 is 0.767 bits per heavy atom. The zero-order valence-electron chi connectivity index (χ0n) is 17.3. The monoisotopic (exact) mass is 402 g/mol. The second-order valence-corrected chi connectivity index (χ2v) is 7.04. The van der Waals surface area contributed by atoms with Crippen molar-refractivity contribution in [2.75, 3.05) is 0 Å². The first kappa shape index (κ1) is 21.4. The molecule has 0 aliphatic rings. The number of hydrogen-bond acceptors (Lipinski definition) is 2. The highest BCUT2D eigenvalue weighted by molar-refractivity contribution is 5.52. The molecule has 0 saturated heterocycles. The fourth-order valence-corrected chi connectivity index (χ4v) is 2.99. The Balaban J connectivity index is 1.75. The SMILES string of the molecule is CCCCc1ccc(C#Cc2ccc(N=Nc3ccc(F)c(F)c3)cc2CC)cc1. The van der Waals surface area contributed by atoms with Crippen LogP contribution in [0.4, 0.5) is 20.2 Å². The summed E-state index contributed by atoms with van der Waals surface area (Å²) >= 11 is 0. The van der Waals surface area contributed by atoms with Crippen molar-refractivity contribution in [1.82, 2.24) is 0 Å². The van der Waals surface area contributed by atoms with Crippen LogP contribution in [0.3, 0.4) is 0 Å². The molecule has 0 saturated carbocycles. The van der Waals surface area contributed by atoms with E-state index in [0.717, 1.165) is 41.7 Å². The minimum absolute atomic E-state index is 0.262. The first-order chi connectivity index (χ1) is 14.6. The minimum atomic E-state index is -0.940. The summed E-state index contributed by atoms with van der Waals surface area (Å²) in [4.78, 5) is 0. The second kappa shape index (κ2) is 10.5. The van der Waals surface area contributed by atoms with Gasteiger partial charge in [0.25, 0.3) is 0 Å². The molecule has 3 aromatic rings. The van der Waals surface area contributed by atoms with Gasteiger partial charge in [-0.2, -0.15) is 10.2 Å². The molecule has 0 fully saturated rings. The number of nitrogens with zero attached hydrogens (tertiary/aromatic N) is 2. The zero-order chi connectivity index (χ0) is 21.3. The van der Waals surface area contributed by atoms with Gasteiger partial charge in [-0.1, -0.05) is 44.2 Å². The van der Waals surface area contributed by atoms with Gasteiger partial charge >= 0.3 is 0 Å². The van der Waals surface area contributed by atoms with Crippen LogP contribution in [0.2, 0.25) is 0 Å². The molecule has 0 heterocycles. The van der Waals surface area contributed by atoms with E-state index in [1.54, 1.807) is 0 Å². The lowest BCUT2D eigenvalue weighted by molar-refractivity contribution is 0.509. The summed E-state index contributed by atoms with van der Waals surface area (Å²) in [5, 5.41) is 8.13. The zero-order valence-corrected chi connectivity index (χ0v) is 17.3. The molecular weight excluding hydrogens is 378 g/mol. The van der Waals surface area contributed by atoms with Crippen LogP contribution in [-0.2, 0) is 12.8 Å². The van der Waals surface area contributed by atoms with Gasteiger partial charge in [0, 0.05) is 17.2 Å². The van der Waals surface area contributed by atoms with E-state index >= 15 is 0 Å². The highest BCUT2D eigenvalue weighted by atomic mass is 19.2. The summed E-state index contributed by atoms with van der Waals surface area (Å²) in [7, 11) is 0. The Morgan fingerprint density at radius 3 is 2.13 bits per heavy atom. The Labute approximate surface area is 176 Å². The summed E-state index contributed by atoms with van der Waals surface area (Å²) in [5.74, 6) is 4.63. The highest BCUT2D eigenvalue weighted by Crippen LogP contribution is 2.23. The molecule has 2 nitrogen and oxygen atoms in total. The first-order valence-electron chi connectivity index (χ1n) is 10.2. The standard InChI is InChI=1S/C26H24F2N2/c1-3-5-6-19-7-9-20(10-8-19)11-12-22-13-14-23(17-21(22)4-2)29-30-24-15-16-25(27)26(28)18-24/h7-10,13-18H,3-6H2,1-2H3. The Hall–Kier alpha value is -3.32. The number of halogens is 2. The number of hydrogen-bond donors (Lipinski definition) is 0. The third-order valence-corrected chi connectivity index (χ3v) is 4.77. The highest BCUT2D eigenvalue weighted by Gasteiger charge is 2.03. The lowest BCUT2D eigenvalue weighted by Crippen LogP contribution is -1.87. The van der Waals surface area contributed by atoms with Gasteiger partial charge in [0.05, 0.1) is 11.4 Å². The van der Waals surface area contributed by atoms with E-state index in [-0.39, 0.29) is 5.69 Å². The number of azo groups is 1. The Bertz CT molecular complexity index is 1090. The number of unbranched alkanes of at least 4 members (excludes halogenated alkanes) is 1.